The summed E-state index contributed by atoms with van der Waals surface area (Å²) in [6, 6.07) is 19.7. The van der Waals surface area contributed by atoms with Crippen LogP contribution in [0.4, 0.5) is 5.69 Å². The summed E-state index contributed by atoms with van der Waals surface area (Å²) in [7, 11) is 0. The molecule has 1 aliphatic heterocycles. The number of nitriles is 1. The van der Waals surface area contributed by atoms with Gasteiger partial charge in [0.2, 0.25) is 0 Å². The molecule has 3 rings (SSSR count). The molecule has 4 nitrogen and oxygen atoms in total. The smallest absolute Gasteiger partial charge is 0.267 e. The highest BCUT2D eigenvalue weighted by Crippen LogP contribution is 2.33. The molecule has 28 heavy (non-hydrogen) atoms. The van der Waals surface area contributed by atoms with Crippen molar-refractivity contribution < 1.29 is 4.79 Å². The van der Waals surface area contributed by atoms with E-state index in [0.29, 0.717) is 17.5 Å². The molecule has 0 saturated carbocycles. The van der Waals surface area contributed by atoms with Gasteiger partial charge in [0, 0.05) is 29.1 Å². The number of hydrogen-bond acceptors (Lipinski definition) is 4. The lowest BCUT2D eigenvalue weighted by atomic mass is 9.92. The lowest BCUT2D eigenvalue weighted by Crippen LogP contribution is -2.35. The fourth-order valence-electron chi connectivity index (χ4n) is 3.60. The van der Waals surface area contributed by atoms with Gasteiger partial charge >= 0.3 is 0 Å². The monoisotopic (exact) mass is 391 g/mol. The molecule has 1 heterocycles. The molecule has 0 aliphatic carbocycles. The average molecular weight is 392 g/mol. The fraction of sp³-hybridized carbons (Fsp3) is 0.304. The molecule has 1 saturated heterocycles. The Hall–Kier alpha value is -2.71. The van der Waals surface area contributed by atoms with E-state index in [-0.39, 0.29) is 11.5 Å². The van der Waals surface area contributed by atoms with Crippen LogP contribution in [0.15, 0.2) is 76.2 Å². The van der Waals surface area contributed by atoms with Crippen molar-refractivity contribution in [2.75, 3.05) is 18.4 Å². The van der Waals surface area contributed by atoms with E-state index >= 15 is 0 Å². The standard InChI is InChI=1S/C23H25N3OS/c1-17-12-18(2)15-26(14-17)16-19(13-24)23(27)25-21-10-6-7-11-22(21)28-20-8-4-3-5-9-20/h3-11,16-18H,12,14-15H2,1-2H3,(H,25,27)/b19-16-. The topological polar surface area (TPSA) is 56.1 Å². The third-order valence-corrected chi connectivity index (χ3v) is 5.76. The minimum atomic E-state index is -0.366. The summed E-state index contributed by atoms with van der Waals surface area (Å²) in [6.07, 6.45) is 2.90. The molecule has 1 N–H and O–H groups in total. The van der Waals surface area contributed by atoms with Crippen LogP contribution < -0.4 is 5.32 Å². The molecule has 2 atom stereocenters. The summed E-state index contributed by atoms with van der Waals surface area (Å²) in [5.41, 5.74) is 0.851. The van der Waals surface area contributed by atoms with E-state index < -0.39 is 0 Å². The number of hydrogen-bond donors (Lipinski definition) is 1. The van der Waals surface area contributed by atoms with E-state index in [0.717, 1.165) is 22.9 Å². The Morgan fingerprint density at radius 3 is 2.43 bits per heavy atom. The molecule has 5 heteroatoms. The Morgan fingerprint density at radius 1 is 1.11 bits per heavy atom. The second-order valence-electron chi connectivity index (χ2n) is 7.42. The molecule has 144 valence electrons. The largest absolute Gasteiger partial charge is 0.376 e. The van der Waals surface area contributed by atoms with Gasteiger partial charge in [0.05, 0.1) is 5.69 Å². The van der Waals surface area contributed by atoms with E-state index in [4.69, 9.17) is 0 Å². The molecule has 1 aliphatic rings. The van der Waals surface area contributed by atoms with Gasteiger partial charge in [-0.2, -0.15) is 5.26 Å². The molecule has 1 fully saturated rings. The number of likely N-dealkylation sites (tertiary alicyclic amines) is 1. The number of piperidine rings is 1. The van der Waals surface area contributed by atoms with Gasteiger partial charge in [0.25, 0.3) is 5.91 Å². The predicted molar refractivity (Wildman–Crippen MR) is 114 cm³/mol. The van der Waals surface area contributed by atoms with Gasteiger partial charge < -0.3 is 10.2 Å². The number of rotatable bonds is 5. The van der Waals surface area contributed by atoms with Crippen molar-refractivity contribution >= 4 is 23.4 Å². The van der Waals surface area contributed by atoms with Crippen LogP contribution in [0, 0.1) is 23.2 Å². The highest BCUT2D eigenvalue weighted by molar-refractivity contribution is 7.99. The molecular formula is C23H25N3OS. The van der Waals surface area contributed by atoms with Crippen LogP contribution >= 0.6 is 11.8 Å². The van der Waals surface area contributed by atoms with Crippen molar-refractivity contribution in [3.8, 4) is 6.07 Å². The Morgan fingerprint density at radius 2 is 1.75 bits per heavy atom. The summed E-state index contributed by atoms with van der Waals surface area (Å²) in [6.45, 7) is 6.17. The van der Waals surface area contributed by atoms with Crippen molar-refractivity contribution in [3.63, 3.8) is 0 Å². The van der Waals surface area contributed by atoms with Crippen molar-refractivity contribution in [2.45, 2.75) is 30.1 Å². The molecular weight excluding hydrogens is 366 g/mol. The highest BCUT2D eigenvalue weighted by Gasteiger charge is 2.21. The van der Waals surface area contributed by atoms with E-state index in [1.165, 1.54) is 6.42 Å². The van der Waals surface area contributed by atoms with Gasteiger partial charge in [-0.3, -0.25) is 4.79 Å². The van der Waals surface area contributed by atoms with E-state index in [1.807, 2.05) is 54.6 Å². The first kappa shape index (κ1) is 20.0. The summed E-state index contributed by atoms with van der Waals surface area (Å²) < 4.78 is 0. The normalized spacial score (nSPS) is 19.8. The van der Waals surface area contributed by atoms with Crippen molar-refractivity contribution in [1.82, 2.24) is 4.90 Å². The number of benzene rings is 2. The SMILES string of the molecule is CC1CC(C)CN(/C=C(/C#N)C(=O)Nc2ccccc2Sc2ccccc2)C1. The molecule has 0 radical (unpaired) electrons. The number of carbonyl (C=O) groups is 1. The molecule has 2 aromatic carbocycles. The number of anilines is 1. The van der Waals surface area contributed by atoms with Gasteiger partial charge in [-0.1, -0.05) is 55.9 Å². The third kappa shape index (κ3) is 5.40. The fourth-order valence-corrected chi connectivity index (χ4v) is 4.52. The summed E-state index contributed by atoms with van der Waals surface area (Å²) in [4.78, 5) is 16.9. The van der Waals surface area contributed by atoms with Crippen LogP contribution in [0.3, 0.4) is 0 Å². The van der Waals surface area contributed by atoms with Gasteiger partial charge in [-0.25, -0.2) is 0 Å². The van der Waals surface area contributed by atoms with Crippen LogP contribution in [0.5, 0.6) is 0 Å². The molecule has 0 spiro atoms. The van der Waals surface area contributed by atoms with E-state index in [9.17, 15) is 10.1 Å². The van der Waals surface area contributed by atoms with Gasteiger partial charge in [-0.15, -0.1) is 0 Å². The minimum absolute atomic E-state index is 0.140. The second-order valence-corrected chi connectivity index (χ2v) is 8.54. The average Bonchev–Trinajstić information content (AvgIpc) is 2.67. The maximum absolute atomic E-state index is 12.7. The summed E-state index contributed by atoms with van der Waals surface area (Å²) in [5, 5.41) is 12.4. The lowest BCUT2D eigenvalue weighted by Gasteiger charge is -2.34. The van der Waals surface area contributed by atoms with E-state index in [2.05, 4.69) is 30.1 Å². The van der Waals surface area contributed by atoms with Crippen molar-refractivity contribution in [2.24, 2.45) is 11.8 Å². The second kappa shape index (κ2) is 9.48. The minimum Gasteiger partial charge on any atom is -0.376 e. The number of para-hydroxylation sites is 1. The first-order valence-electron chi connectivity index (χ1n) is 9.54. The number of carbonyl (C=O) groups excluding carboxylic acids is 1. The Balaban J connectivity index is 1.74. The van der Waals surface area contributed by atoms with Crippen molar-refractivity contribution in [1.29, 1.82) is 5.26 Å². The Labute approximate surface area is 171 Å². The van der Waals surface area contributed by atoms with Crippen LogP contribution in [0.2, 0.25) is 0 Å². The zero-order valence-electron chi connectivity index (χ0n) is 16.3. The molecule has 2 unspecified atom stereocenters. The van der Waals surface area contributed by atoms with E-state index in [1.54, 1.807) is 18.0 Å². The molecule has 0 bridgehead atoms. The molecule has 1 amide bonds. The third-order valence-electron chi connectivity index (χ3n) is 4.68. The van der Waals surface area contributed by atoms with Gasteiger partial charge in [0.15, 0.2) is 0 Å². The van der Waals surface area contributed by atoms with Crippen LogP contribution in [0.1, 0.15) is 20.3 Å². The summed E-state index contributed by atoms with van der Waals surface area (Å²) >= 11 is 1.58. The quantitative estimate of drug-likeness (QED) is 0.565. The van der Waals surface area contributed by atoms with Gasteiger partial charge in [-0.05, 0) is 42.5 Å². The van der Waals surface area contributed by atoms with Crippen LogP contribution in [0.25, 0.3) is 0 Å². The first-order chi connectivity index (χ1) is 13.5. The first-order valence-corrected chi connectivity index (χ1v) is 10.4. The Bertz CT molecular complexity index is 878. The number of nitrogens with one attached hydrogen (secondary N) is 1. The lowest BCUT2D eigenvalue weighted by molar-refractivity contribution is -0.112. The number of nitrogens with zero attached hydrogens (tertiary/aromatic N) is 2. The number of amides is 1. The van der Waals surface area contributed by atoms with Gasteiger partial charge in [0.1, 0.15) is 11.6 Å². The Kier molecular flexibility index (Phi) is 6.78. The highest BCUT2D eigenvalue weighted by atomic mass is 32.2. The van der Waals surface area contributed by atoms with Crippen molar-refractivity contribution in [3.05, 3.63) is 66.4 Å². The summed E-state index contributed by atoms with van der Waals surface area (Å²) in [5.74, 6) is 0.756. The molecule has 2 aromatic rings. The maximum Gasteiger partial charge on any atom is 0.267 e. The zero-order chi connectivity index (χ0) is 19.9. The zero-order valence-corrected chi connectivity index (χ0v) is 17.1. The maximum atomic E-state index is 12.7. The van der Waals surface area contributed by atoms with Crippen LogP contribution in [-0.4, -0.2) is 23.9 Å². The van der Waals surface area contributed by atoms with Crippen LogP contribution in [-0.2, 0) is 4.79 Å². The molecule has 0 aromatic heterocycles. The predicted octanol–water partition coefficient (Wildman–Crippen LogP) is 5.16.